The van der Waals surface area contributed by atoms with E-state index in [0.717, 1.165) is 11.1 Å². The summed E-state index contributed by atoms with van der Waals surface area (Å²) in [5.41, 5.74) is 2.16. The first-order valence-electron chi connectivity index (χ1n) is 10.8. The molecule has 0 aliphatic rings. The van der Waals surface area contributed by atoms with Crippen LogP contribution in [0.1, 0.15) is 31.4 Å². The van der Waals surface area contributed by atoms with Gasteiger partial charge in [0.15, 0.2) is 0 Å². The van der Waals surface area contributed by atoms with Gasteiger partial charge in [-0.1, -0.05) is 42.5 Å². The number of ether oxygens (including phenoxy) is 2. The third-order valence-electron chi connectivity index (χ3n) is 5.10. The number of aliphatic hydroxyl groups excluding tert-OH is 1. The molecule has 1 amide bonds. The Morgan fingerprint density at radius 3 is 2.29 bits per heavy atom. The van der Waals surface area contributed by atoms with Crippen LogP contribution in [-0.4, -0.2) is 66.1 Å². The van der Waals surface area contributed by atoms with Gasteiger partial charge in [0.2, 0.25) is 5.91 Å². The van der Waals surface area contributed by atoms with Crippen molar-refractivity contribution in [2.75, 3.05) is 26.9 Å². The molecule has 0 bridgehead atoms. The molecule has 2 rings (SSSR count). The van der Waals surface area contributed by atoms with Gasteiger partial charge in [-0.3, -0.25) is 4.79 Å². The van der Waals surface area contributed by atoms with E-state index < -0.39 is 6.10 Å². The first kappa shape index (κ1) is 24.9. The van der Waals surface area contributed by atoms with Gasteiger partial charge in [-0.15, -0.1) is 0 Å². The van der Waals surface area contributed by atoms with Crippen LogP contribution in [0.3, 0.4) is 0 Å². The van der Waals surface area contributed by atoms with Crippen molar-refractivity contribution >= 4 is 5.91 Å². The number of aliphatic hydroxyl groups is 1. The molecule has 0 saturated heterocycles. The molecule has 0 saturated carbocycles. The Bertz CT molecular complexity index is 763. The van der Waals surface area contributed by atoms with Gasteiger partial charge in [-0.2, -0.15) is 0 Å². The van der Waals surface area contributed by atoms with Crippen LogP contribution in [0.2, 0.25) is 0 Å². The predicted molar refractivity (Wildman–Crippen MR) is 121 cm³/mol. The highest BCUT2D eigenvalue weighted by Gasteiger charge is 2.21. The Morgan fingerprint density at radius 1 is 0.968 bits per heavy atom. The summed E-state index contributed by atoms with van der Waals surface area (Å²) in [5.74, 6) is 0.280. The Balaban J connectivity index is 1.94. The number of carbonyl (C=O) groups is 1. The van der Waals surface area contributed by atoms with Gasteiger partial charge in [-0.25, -0.2) is 0 Å². The number of hydrogen-bond donors (Lipinski definition) is 2. The fourth-order valence-electron chi connectivity index (χ4n) is 3.21. The number of rotatable bonds is 13. The maximum absolute atomic E-state index is 12.9. The van der Waals surface area contributed by atoms with Crippen molar-refractivity contribution in [3.05, 3.63) is 65.7 Å². The Morgan fingerprint density at radius 2 is 1.65 bits per heavy atom. The number of aromatic hydroxyl groups is 1. The van der Waals surface area contributed by atoms with Crippen LogP contribution < -0.4 is 0 Å². The van der Waals surface area contributed by atoms with Gasteiger partial charge in [0.25, 0.3) is 0 Å². The molecule has 2 N–H and O–H groups in total. The van der Waals surface area contributed by atoms with Gasteiger partial charge in [0, 0.05) is 13.5 Å². The predicted octanol–water partition coefficient (Wildman–Crippen LogP) is 3.20. The zero-order chi connectivity index (χ0) is 22.6. The molecule has 6 heteroatoms. The molecular weight excluding hydrogens is 394 g/mol. The smallest absolute Gasteiger partial charge is 0.222 e. The molecule has 0 aliphatic carbocycles. The standard InChI is InChI=1S/C25H35NO5/c1-19(27)16-31-20(2)17-30-18-23(15-22-9-12-24(28)13-10-22)26(3)25(29)14-11-21-7-5-4-6-8-21/h4-10,12-13,19-20,23,27-28H,11,14-18H2,1-3H3/t19-,20?,23+/m1/s1. The highest BCUT2D eigenvalue weighted by molar-refractivity contribution is 5.76. The lowest BCUT2D eigenvalue weighted by atomic mass is 10.0. The Hall–Kier alpha value is -2.41. The van der Waals surface area contributed by atoms with Crippen molar-refractivity contribution in [3.8, 4) is 5.75 Å². The van der Waals surface area contributed by atoms with E-state index >= 15 is 0 Å². The summed E-state index contributed by atoms with van der Waals surface area (Å²) in [4.78, 5) is 14.6. The number of benzene rings is 2. The molecule has 2 aromatic rings. The SMILES string of the molecule is CC(COC[C@H](Cc1ccc(O)cc1)N(C)C(=O)CCc1ccccc1)OC[C@@H](C)O. The minimum Gasteiger partial charge on any atom is -0.508 e. The number of carbonyl (C=O) groups excluding carboxylic acids is 1. The monoisotopic (exact) mass is 429 g/mol. The van der Waals surface area contributed by atoms with Crippen molar-refractivity contribution in [3.63, 3.8) is 0 Å². The molecule has 0 aromatic heterocycles. The van der Waals surface area contributed by atoms with E-state index in [-0.39, 0.29) is 30.4 Å². The van der Waals surface area contributed by atoms with Crippen molar-refractivity contribution in [2.45, 2.75) is 51.4 Å². The molecule has 2 aromatic carbocycles. The quantitative estimate of drug-likeness (QED) is 0.511. The second-order valence-electron chi connectivity index (χ2n) is 8.05. The molecule has 0 heterocycles. The number of phenols is 1. The van der Waals surface area contributed by atoms with Crippen LogP contribution in [0, 0.1) is 0 Å². The van der Waals surface area contributed by atoms with Crippen LogP contribution in [0.25, 0.3) is 0 Å². The molecule has 0 fully saturated rings. The minimum absolute atomic E-state index is 0.0645. The number of hydrogen-bond acceptors (Lipinski definition) is 5. The van der Waals surface area contributed by atoms with Gasteiger partial charge < -0.3 is 24.6 Å². The first-order valence-corrected chi connectivity index (χ1v) is 10.8. The molecule has 3 atom stereocenters. The summed E-state index contributed by atoms with van der Waals surface area (Å²) in [7, 11) is 1.81. The maximum atomic E-state index is 12.9. The second-order valence-corrected chi connectivity index (χ2v) is 8.05. The van der Waals surface area contributed by atoms with Gasteiger partial charge in [0.05, 0.1) is 38.1 Å². The largest absolute Gasteiger partial charge is 0.508 e. The van der Waals surface area contributed by atoms with E-state index in [1.807, 2.05) is 56.4 Å². The highest BCUT2D eigenvalue weighted by atomic mass is 16.5. The lowest BCUT2D eigenvalue weighted by Gasteiger charge is -2.29. The summed E-state index contributed by atoms with van der Waals surface area (Å²) in [6.07, 6.45) is 1.08. The van der Waals surface area contributed by atoms with Crippen LogP contribution >= 0.6 is 0 Å². The van der Waals surface area contributed by atoms with Crippen molar-refractivity contribution in [2.24, 2.45) is 0 Å². The molecule has 1 unspecified atom stereocenters. The van der Waals surface area contributed by atoms with Gasteiger partial charge in [0.1, 0.15) is 5.75 Å². The second kappa shape index (κ2) is 13.1. The van der Waals surface area contributed by atoms with E-state index in [2.05, 4.69) is 0 Å². The molecule has 0 radical (unpaired) electrons. The normalized spacial score (nSPS) is 14.1. The van der Waals surface area contributed by atoms with Crippen LogP contribution in [-0.2, 0) is 27.1 Å². The van der Waals surface area contributed by atoms with Crippen LogP contribution in [0.5, 0.6) is 5.75 Å². The van der Waals surface area contributed by atoms with Gasteiger partial charge >= 0.3 is 0 Å². The summed E-state index contributed by atoms with van der Waals surface area (Å²) in [5, 5.41) is 18.9. The zero-order valence-corrected chi connectivity index (χ0v) is 18.7. The third-order valence-corrected chi connectivity index (χ3v) is 5.10. The van der Waals surface area contributed by atoms with E-state index in [4.69, 9.17) is 9.47 Å². The van der Waals surface area contributed by atoms with E-state index in [0.29, 0.717) is 32.5 Å². The van der Waals surface area contributed by atoms with Gasteiger partial charge in [-0.05, 0) is 49.9 Å². The lowest BCUT2D eigenvalue weighted by molar-refractivity contribution is -0.133. The highest BCUT2D eigenvalue weighted by Crippen LogP contribution is 2.15. The molecule has 0 spiro atoms. The number of likely N-dealkylation sites (N-methyl/N-ethyl adjacent to an activating group) is 1. The Kier molecular flexibility index (Phi) is 10.5. The number of aryl methyl sites for hydroxylation is 1. The zero-order valence-electron chi connectivity index (χ0n) is 18.7. The summed E-state index contributed by atoms with van der Waals surface area (Å²) < 4.78 is 11.4. The Labute approximate surface area is 185 Å². The fraction of sp³-hybridized carbons (Fsp3) is 0.480. The summed E-state index contributed by atoms with van der Waals surface area (Å²) >= 11 is 0. The van der Waals surface area contributed by atoms with Crippen molar-refractivity contribution in [1.29, 1.82) is 0 Å². The summed E-state index contributed by atoms with van der Waals surface area (Å²) in [6, 6.07) is 16.9. The van der Waals surface area contributed by atoms with Crippen molar-refractivity contribution < 1.29 is 24.5 Å². The maximum Gasteiger partial charge on any atom is 0.222 e. The molecule has 170 valence electrons. The van der Waals surface area contributed by atoms with Crippen LogP contribution in [0.4, 0.5) is 0 Å². The first-order chi connectivity index (χ1) is 14.8. The van der Waals surface area contributed by atoms with Crippen LogP contribution in [0.15, 0.2) is 54.6 Å². The number of amides is 1. The average Bonchev–Trinajstić information content (AvgIpc) is 2.77. The number of nitrogens with zero attached hydrogens (tertiary/aromatic N) is 1. The topological polar surface area (TPSA) is 79.2 Å². The minimum atomic E-state index is -0.516. The molecule has 6 nitrogen and oxygen atoms in total. The molecule has 0 aliphatic heterocycles. The average molecular weight is 430 g/mol. The molecule has 31 heavy (non-hydrogen) atoms. The van der Waals surface area contributed by atoms with E-state index in [1.54, 1.807) is 24.0 Å². The molecular formula is C25H35NO5. The fourth-order valence-corrected chi connectivity index (χ4v) is 3.21. The summed E-state index contributed by atoms with van der Waals surface area (Å²) in [6.45, 7) is 4.59. The van der Waals surface area contributed by atoms with E-state index in [1.165, 1.54) is 0 Å². The lowest BCUT2D eigenvalue weighted by Crippen LogP contribution is -2.42. The third kappa shape index (κ3) is 9.51. The number of phenolic OH excluding ortho intramolecular Hbond substituents is 1. The van der Waals surface area contributed by atoms with E-state index in [9.17, 15) is 15.0 Å². The van der Waals surface area contributed by atoms with Crippen molar-refractivity contribution in [1.82, 2.24) is 4.90 Å².